The number of nitrogens with zero attached hydrogens (tertiary/aromatic N) is 2. The molecular weight excluding hydrogens is 186 g/mol. The lowest BCUT2D eigenvalue weighted by Crippen LogP contribution is -2.20. The van der Waals surface area contributed by atoms with E-state index < -0.39 is 10.8 Å². The van der Waals surface area contributed by atoms with E-state index in [0.717, 1.165) is 12.2 Å². The van der Waals surface area contributed by atoms with Gasteiger partial charge < -0.3 is 5.32 Å². The zero-order valence-electron chi connectivity index (χ0n) is 7.56. The van der Waals surface area contributed by atoms with Crippen molar-refractivity contribution in [3.05, 3.63) is 24.3 Å². The molecule has 1 unspecified atom stereocenters. The van der Waals surface area contributed by atoms with Gasteiger partial charge in [0.05, 0.1) is 5.69 Å². The van der Waals surface area contributed by atoms with Crippen LogP contribution in [0.1, 0.15) is 5.69 Å². The second-order valence-corrected chi connectivity index (χ2v) is 4.21. The van der Waals surface area contributed by atoms with Gasteiger partial charge in [-0.1, -0.05) is 0 Å². The zero-order chi connectivity index (χ0) is 9.52. The first-order chi connectivity index (χ1) is 6.29. The maximum atomic E-state index is 10.7. The van der Waals surface area contributed by atoms with Crippen LogP contribution in [0, 0.1) is 0 Å². The molecule has 0 amide bonds. The van der Waals surface area contributed by atoms with Crippen molar-refractivity contribution >= 4 is 10.8 Å². The van der Waals surface area contributed by atoms with Gasteiger partial charge in [-0.05, 0) is 6.07 Å². The lowest BCUT2D eigenvalue weighted by molar-refractivity contribution is 0.673. The molecule has 1 rings (SSSR count). The van der Waals surface area contributed by atoms with Crippen LogP contribution < -0.4 is 5.32 Å². The molecule has 5 heteroatoms. The Morgan fingerprint density at radius 3 is 3.08 bits per heavy atom. The molecule has 0 bridgehead atoms. The molecule has 1 atom stereocenters. The fourth-order valence-corrected chi connectivity index (χ4v) is 1.29. The summed E-state index contributed by atoms with van der Waals surface area (Å²) in [6.07, 6.45) is 4.93. The van der Waals surface area contributed by atoms with E-state index >= 15 is 0 Å². The minimum absolute atomic E-state index is 0.686. The summed E-state index contributed by atoms with van der Waals surface area (Å²) >= 11 is 0. The summed E-state index contributed by atoms with van der Waals surface area (Å²) in [5.74, 6) is 0.686. The van der Waals surface area contributed by atoms with Crippen LogP contribution in [0.5, 0.6) is 0 Å². The van der Waals surface area contributed by atoms with Gasteiger partial charge in [0.15, 0.2) is 0 Å². The van der Waals surface area contributed by atoms with Gasteiger partial charge in [0, 0.05) is 42.1 Å². The molecule has 0 saturated heterocycles. The van der Waals surface area contributed by atoms with Gasteiger partial charge in [-0.15, -0.1) is 0 Å². The van der Waals surface area contributed by atoms with Gasteiger partial charge in [0.1, 0.15) is 6.33 Å². The Morgan fingerprint density at radius 1 is 1.62 bits per heavy atom. The van der Waals surface area contributed by atoms with Crippen LogP contribution in [0.3, 0.4) is 0 Å². The van der Waals surface area contributed by atoms with Crippen molar-refractivity contribution in [2.45, 2.75) is 6.54 Å². The highest BCUT2D eigenvalue weighted by molar-refractivity contribution is 7.84. The Balaban J connectivity index is 2.17. The Hall–Kier alpha value is -0.810. The van der Waals surface area contributed by atoms with E-state index in [1.165, 1.54) is 6.33 Å². The molecule has 0 radical (unpaired) electrons. The monoisotopic (exact) mass is 199 g/mol. The van der Waals surface area contributed by atoms with Crippen LogP contribution in [-0.2, 0) is 17.3 Å². The maximum absolute atomic E-state index is 10.7. The van der Waals surface area contributed by atoms with E-state index in [-0.39, 0.29) is 0 Å². The molecule has 1 aromatic heterocycles. The van der Waals surface area contributed by atoms with Gasteiger partial charge in [0.25, 0.3) is 0 Å². The van der Waals surface area contributed by atoms with Gasteiger partial charge in [-0.25, -0.2) is 9.97 Å². The summed E-state index contributed by atoms with van der Waals surface area (Å²) < 4.78 is 10.7. The number of hydrogen-bond acceptors (Lipinski definition) is 4. The molecular formula is C8H13N3OS. The molecule has 13 heavy (non-hydrogen) atoms. The van der Waals surface area contributed by atoms with Crippen molar-refractivity contribution < 1.29 is 4.21 Å². The second kappa shape index (κ2) is 5.77. The minimum atomic E-state index is -0.719. The number of rotatable bonds is 5. The predicted molar refractivity (Wildman–Crippen MR) is 52.7 cm³/mol. The minimum Gasteiger partial charge on any atom is -0.310 e. The molecule has 0 spiro atoms. The van der Waals surface area contributed by atoms with E-state index in [9.17, 15) is 4.21 Å². The van der Waals surface area contributed by atoms with Crippen molar-refractivity contribution in [1.29, 1.82) is 0 Å². The maximum Gasteiger partial charge on any atom is 0.115 e. The number of hydrogen-bond donors (Lipinski definition) is 1. The van der Waals surface area contributed by atoms with Crippen molar-refractivity contribution in [1.82, 2.24) is 15.3 Å². The Labute approximate surface area is 80.3 Å². The number of nitrogens with one attached hydrogen (secondary N) is 1. The quantitative estimate of drug-likeness (QED) is 0.675. The van der Waals surface area contributed by atoms with Crippen LogP contribution in [0.2, 0.25) is 0 Å². The smallest absolute Gasteiger partial charge is 0.115 e. The van der Waals surface area contributed by atoms with E-state index in [2.05, 4.69) is 15.3 Å². The normalized spacial score (nSPS) is 12.7. The molecule has 0 saturated carbocycles. The average Bonchev–Trinajstić information content (AvgIpc) is 2.14. The lowest BCUT2D eigenvalue weighted by Gasteiger charge is -2.01. The molecule has 1 heterocycles. The third-order valence-corrected chi connectivity index (χ3v) is 2.29. The largest absolute Gasteiger partial charge is 0.310 e. The Kier molecular flexibility index (Phi) is 4.56. The summed E-state index contributed by atoms with van der Waals surface area (Å²) in [6, 6.07) is 1.86. The Morgan fingerprint density at radius 2 is 2.46 bits per heavy atom. The fourth-order valence-electron chi connectivity index (χ4n) is 0.855. The second-order valence-electron chi connectivity index (χ2n) is 2.65. The van der Waals surface area contributed by atoms with Crippen molar-refractivity contribution in [2.75, 3.05) is 18.6 Å². The summed E-state index contributed by atoms with van der Waals surface area (Å²) in [7, 11) is -0.719. The Bertz CT molecular complexity index is 265. The highest BCUT2D eigenvalue weighted by Gasteiger charge is 1.93. The van der Waals surface area contributed by atoms with Crippen LogP contribution in [0.4, 0.5) is 0 Å². The topological polar surface area (TPSA) is 54.9 Å². The molecule has 1 aromatic rings. The molecule has 0 aliphatic carbocycles. The standard InChI is InChI=1S/C8H13N3OS/c1-13(12)5-4-9-6-8-2-3-10-7-11-8/h2-3,7,9H,4-6H2,1H3. The van der Waals surface area contributed by atoms with E-state index in [0.29, 0.717) is 12.3 Å². The van der Waals surface area contributed by atoms with Crippen LogP contribution in [0.25, 0.3) is 0 Å². The summed E-state index contributed by atoms with van der Waals surface area (Å²) in [5.41, 5.74) is 0.955. The zero-order valence-corrected chi connectivity index (χ0v) is 8.38. The molecule has 0 aliphatic heterocycles. The van der Waals surface area contributed by atoms with Crippen LogP contribution in [-0.4, -0.2) is 32.7 Å². The van der Waals surface area contributed by atoms with E-state index in [1.807, 2.05) is 6.07 Å². The first-order valence-electron chi connectivity index (χ1n) is 4.04. The van der Waals surface area contributed by atoms with Gasteiger partial charge in [-0.3, -0.25) is 4.21 Å². The highest BCUT2D eigenvalue weighted by atomic mass is 32.2. The first kappa shape index (κ1) is 10.3. The third-order valence-electron chi connectivity index (χ3n) is 1.52. The van der Waals surface area contributed by atoms with Gasteiger partial charge >= 0.3 is 0 Å². The van der Waals surface area contributed by atoms with Crippen LogP contribution >= 0.6 is 0 Å². The average molecular weight is 199 g/mol. The summed E-state index contributed by atoms with van der Waals surface area (Å²) in [5, 5.41) is 3.15. The SMILES string of the molecule is CS(=O)CCNCc1ccncn1. The summed E-state index contributed by atoms with van der Waals surface area (Å²) in [4.78, 5) is 7.86. The van der Waals surface area contributed by atoms with E-state index in [1.54, 1.807) is 12.5 Å². The molecule has 1 N–H and O–H groups in total. The highest BCUT2D eigenvalue weighted by Crippen LogP contribution is 1.88. The van der Waals surface area contributed by atoms with Gasteiger partial charge in [0.2, 0.25) is 0 Å². The van der Waals surface area contributed by atoms with Gasteiger partial charge in [-0.2, -0.15) is 0 Å². The van der Waals surface area contributed by atoms with Crippen LogP contribution in [0.15, 0.2) is 18.6 Å². The lowest BCUT2D eigenvalue weighted by atomic mass is 10.4. The third kappa shape index (κ3) is 4.69. The van der Waals surface area contributed by atoms with Crippen molar-refractivity contribution in [2.24, 2.45) is 0 Å². The fraction of sp³-hybridized carbons (Fsp3) is 0.500. The number of aromatic nitrogens is 2. The van der Waals surface area contributed by atoms with Crippen molar-refractivity contribution in [3.8, 4) is 0 Å². The molecule has 0 aliphatic rings. The molecule has 72 valence electrons. The summed E-state index contributed by atoms with van der Waals surface area (Å²) in [6.45, 7) is 1.47. The van der Waals surface area contributed by atoms with Crippen molar-refractivity contribution in [3.63, 3.8) is 0 Å². The molecule has 0 fully saturated rings. The van der Waals surface area contributed by atoms with E-state index in [4.69, 9.17) is 0 Å². The first-order valence-corrected chi connectivity index (χ1v) is 5.77. The predicted octanol–water partition coefficient (Wildman–Crippen LogP) is -0.0553. The molecule has 4 nitrogen and oxygen atoms in total. The molecule has 0 aromatic carbocycles.